The normalized spacial score (nSPS) is 17.9. The fourth-order valence-electron chi connectivity index (χ4n) is 3.52. The van der Waals surface area contributed by atoms with E-state index in [-0.39, 0.29) is 6.29 Å². The van der Waals surface area contributed by atoms with Crippen molar-refractivity contribution in [2.24, 2.45) is 0 Å². The van der Waals surface area contributed by atoms with Crippen LogP contribution in [0.25, 0.3) is 0 Å². The molecule has 136 valence electrons. The lowest BCUT2D eigenvalue weighted by Gasteiger charge is -2.39. The van der Waals surface area contributed by atoms with Gasteiger partial charge in [0.25, 0.3) is 0 Å². The summed E-state index contributed by atoms with van der Waals surface area (Å²) in [4.78, 5) is 2.42. The molecule has 1 aliphatic rings. The Balaban J connectivity index is 1.64. The van der Waals surface area contributed by atoms with Crippen molar-refractivity contribution in [1.29, 1.82) is 0 Å². The fraction of sp³-hybridized carbons (Fsp3) is 0.500. The molecule has 2 heterocycles. The molecule has 0 amide bonds. The van der Waals surface area contributed by atoms with Gasteiger partial charge in [0.05, 0.1) is 5.60 Å². The van der Waals surface area contributed by atoms with Crippen LogP contribution >= 0.6 is 11.3 Å². The summed E-state index contributed by atoms with van der Waals surface area (Å²) in [5, 5.41) is 15.4. The number of nitrogens with zero attached hydrogens (tertiary/aromatic N) is 1. The maximum atomic E-state index is 11.3. The minimum Gasteiger partial charge on any atom is -0.385 e. The molecule has 0 unspecified atom stereocenters. The molecular formula is C20H27NO3S. The molecule has 0 aliphatic carbocycles. The van der Waals surface area contributed by atoms with Crippen molar-refractivity contribution in [3.63, 3.8) is 0 Å². The number of likely N-dealkylation sites (tertiary alicyclic amines) is 1. The molecule has 1 aromatic heterocycles. The van der Waals surface area contributed by atoms with Gasteiger partial charge in [-0.3, -0.25) is 4.90 Å². The van der Waals surface area contributed by atoms with E-state index in [0.717, 1.165) is 43.6 Å². The predicted octanol–water partition coefficient (Wildman–Crippen LogP) is 3.39. The van der Waals surface area contributed by atoms with Crippen molar-refractivity contribution >= 4 is 11.3 Å². The van der Waals surface area contributed by atoms with E-state index >= 15 is 0 Å². The van der Waals surface area contributed by atoms with Crippen LogP contribution in [0.3, 0.4) is 0 Å². The summed E-state index contributed by atoms with van der Waals surface area (Å²) in [6, 6.07) is 10.5. The van der Waals surface area contributed by atoms with Crippen molar-refractivity contribution in [2.45, 2.75) is 37.7 Å². The molecule has 0 spiro atoms. The lowest BCUT2D eigenvalue weighted by atomic mass is 9.83. The third-order valence-corrected chi connectivity index (χ3v) is 5.88. The number of thiophene rings is 1. The number of aliphatic hydroxyl groups is 1. The Morgan fingerprint density at radius 1 is 1.12 bits per heavy atom. The standard InChI is InChI=1S/C20H27NO3S/c1-23-19(24-2)12-17-14-25-15-18(17)20(22)8-10-21(11-9-20)13-16-6-4-3-5-7-16/h3-7,14-15,19,22H,8-13H2,1-2H3. The van der Waals surface area contributed by atoms with Gasteiger partial charge in [-0.2, -0.15) is 11.3 Å². The molecule has 0 saturated carbocycles. The lowest BCUT2D eigenvalue weighted by molar-refractivity contribution is -0.101. The highest BCUT2D eigenvalue weighted by atomic mass is 32.1. The molecule has 1 aromatic carbocycles. The van der Waals surface area contributed by atoms with E-state index in [1.165, 1.54) is 5.56 Å². The first-order chi connectivity index (χ1) is 12.1. The van der Waals surface area contributed by atoms with Crippen LogP contribution in [0.15, 0.2) is 41.1 Å². The van der Waals surface area contributed by atoms with E-state index in [0.29, 0.717) is 6.42 Å². The SMILES string of the molecule is COC(Cc1cscc1C1(O)CCN(Cc2ccccc2)CC1)OC. The van der Waals surface area contributed by atoms with Crippen LogP contribution in [0.4, 0.5) is 0 Å². The van der Waals surface area contributed by atoms with Gasteiger partial charge in [-0.1, -0.05) is 30.3 Å². The van der Waals surface area contributed by atoms with Crippen LogP contribution < -0.4 is 0 Å². The Morgan fingerprint density at radius 2 is 1.80 bits per heavy atom. The fourth-order valence-corrected chi connectivity index (χ4v) is 4.49. The topological polar surface area (TPSA) is 41.9 Å². The van der Waals surface area contributed by atoms with Crippen molar-refractivity contribution < 1.29 is 14.6 Å². The smallest absolute Gasteiger partial charge is 0.160 e. The molecule has 25 heavy (non-hydrogen) atoms. The molecule has 0 bridgehead atoms. The first-order valence-electron chi connectivity index (χ1n) is 8.74. The van der Waals surface area contributed by atoms with Gasteiger partial charge >= 0.3 is 0 Å². The molecule has 2 aromatic rings. The zero-order valence-corrected chi connectivity index (χ0v) is 15.8. The minimum atomic E-state index is -0.742. The third kappa shape index (κ3) is 4.49. The molecule has 1 aliphatic heterocycles. The summed E-state index contributed by atoms with van der Waals surface area (Å²) in [5.74, 6) is 0. The number of ether oxygens (including phenoxy) is 2. The number of hydrogen-bond acceptors (Lipinski definition) is 5. The molecule has 1 N–H and O–H groups in total. The van der Waals surface area contributed by atoms with E-state index in [1.807, 2.05) is 6.07 Å². The summed E-state index contributed by atoms with van der Waals surface area (Å²) >= 11 is 1.64. The molecule has 5 heteroatoms. The van der Waals surface area contributed by atoms with Gasteiger partial charge in [-0.25, -0.2) is 0 Å². The Hall–Kier alpha value is -1.24. The van der Waals surface area contributed by atoms with Crippen LogP contribution in [-0.2, 0) is 28.0 Å². The maximum Gasteiger partial charge on any atom is 0.160 e. The predicted molar refractivity (Wildman–Crippen MR) is 101 cm³/mol. The van der Waals surface area contributed by atoms with Crippen molar-refractivity contribution in [3.8, 4) is 0 Å². The Bertz CT molecular complexity index is 646. The van der Waals surface area contributed by atoms with E-state index in [4.69, 9.17) is 9.47 Å². The summed E-state index contributed by atoms with van der Waals surface area (Å²) in [6.07, 6.45) is 1.92. The Kier molecular flexibility index (Phi) is 6.25. The van der Waals surface area contributed by atoms with Crippen LogP contribution in [0, 0.1) is 0 Å². The second-order valence-corrected chi connectivity index (χ2v) is 7.45. The highest BCUT2D eigenvalue weighted by Crippen LogP contribution is 2.37. The number of benzene rings is 1. The number of piperidine rings is 1. The summed E-state index contributed by atoms with van der Waals surface area (Å²) in [6.45, 7) is 2.75. The van der Waals surface area contributed by atoms with Crippen molar-refractivity contribution in [3.05, 3.63) is 57.8 Å². The lowest BCUT2D eigenvalue weighted by Crippen LogP contribution is -2.42. The van der Waals surface area contributed by atoms with Crippen LogP contribution in [-0.4, -0.2) is 43.6 Å². The van der Waals surface area contributed by atoms with Crippen LogP contribution in [0.5, 0.6) is 0 Å². The molecule has 1 fully saturated rings. The van der Waals surface area contributed by atoms with E-state index < -0.39 is 5.60 Å². The Morgan fingerprint density at radius 3 is 2.44 bits per heavy atom. The van der Waals surface area contributed by atoms with Gasteiger partial charge in [0.1, 0.15) is 0 Å². The number of hydrogen-bond donors (Lipinski definition) is 1. The van der Waals surface area contributed by atoms with Gasteiger partial charge < -0.3 is 14.6 Å². The number of rotatable bonds is 7. The van der Waals surface area contributed by atoms with E-state index in [2.05, 4.69) is 39.9 Å². The number of methoxy groups -OCH3 is 2. The highest BCUT2D eigenvalue weighted by Gasteiger charge is 2.36. The second-order valence-electron chi connectivity index (χ2n) is 6.71. The van der Waals surface area contributed by atoms with Crippen LogP contribution in [0.2, 0.25) is 0 Å². The monoisotopic (exact) mass is 361 g/mol. The third-order valence-electron chi connectivity index (χ3n) is 5.09. The summed E-state index contributed by atoms with van der Waals surface area (Å²) in [7, 11) is 3.30. The zero-order valence-electron chi connectivity index (χ0n) is 15.0. The van der Waals surface area contributed by atoms with Gasteiger partial charge in [0, 0.05) is 40.3 Å². The molecule has 3 rings (SSSR count). The van der Waals surface area contributed by atoms with Gasteiger partial charge in [0.15, 0.2) is 6.29 Å². The second kappa shape index (κ2) is 8.43. The summed E-state index contributed by atoms with van der Waals surface area (Å²) < 4.78 is 10.6. The average molecular weight is 362 g/mol. The van der Waals surface area contributed by atoms with E-state index in [1.54, 1.807) is 25.6 Å². The molecular weight excluding hydrogens is 334 g/mol. The van der Waals surface area contributed by atoms with Gasteiger partial charge in [0.2, 0.25) is 0 Å². The maximum absolute atomic E-state index is 11.3. The zero-order chi connectivity index (χ0) is 17.7. The average Bonchev–Trinajstić information content (AvgIpc) is 3.12. The van der Waals surface area contributed by atoms with Crippen molar-refractivity contribution in [1.82, 2.24) is 4.90 Å². The van der Waals surface area contributed by atoms with E-state index in [9.17, 15) is 5.11 Å². The minimum absolute atomic E-state index is 0.268. The molecule has 0 atom stereocenters. The van der Waals surface area contributed by atoms with Gasteiger partial charge in [-0.15, -0.1) is 0 Å². The van der Waals surface area contributed by atoms with Gasteiger partial charge in [-0.05, 0) is 40.3 Å². The van der Waals surface area contributed by atoms with Crippen LogP contribution in [0.1, 0.15) is 29.5 Å². The molecule has 0 radical (unpaired) electrons. The first-order valence-corrected chi connectivity index (χ1v) is 9.68. The summed E-state index contributed by atoms with van der Waals surface area (Å²) in [5.41, 5.74) is 2.77. The largest absolute Gasteiger partial charge is 0.385 e. The van der Waals surface area contributed by atoms with Crippen molar-refractivity contribution in [2.75, 3.05) is 27.3 Å². The highest BCUT2D eigenvalue weighted by molar-refractivity contribution is 7.08. The molecule has 4 nitrogen and oxygen atoms in total. The first kappa shape index (κ1) is 18.5. The Labute approximate surface area is 154 Å². The quantitative estimate of drug-likeness (QED) is 0.768. The molecule has 1 saturated heterocycles.